The van der Waals surface area contributed by atoms with Crippen molar-refractivity contribution in [3.05, 3.63) is 76.0 Å². The molecule has 0 aliphatic carbocycles. The van der Waals surface area contributed by atoms with Crippen LogP contribution in [-0.4, -0.2) is 20.1 Å². The first-order valence-electron chi connectivity index (χ1n) is 8.89. The summed E-state index contributed by atoms with van der Waals surface area (Å²) < 4.78 is 10.8. The molecule has 0 radical (unpaired) electrons. The van der Waals surface area contributed by atoms with Gasteiger partial charge in [0.2, 0.25) is 0 Å². The lowest BCUT2D eigenvalue weighted by Crippen LogP contribution is -2.27. The zero-order valence-corrected chi connectivity index (χ0v) is 17.7. The number of benzene rings is 2. The Morgan fingerprint density at radius 3 is 2.64 bits per heavy atom. The molecule has 0 bridgehead atoms. The largest absolute Gasteiger partial charge is 0.497 e. The number of hydrogen-bond donors (Lipinski definition) is 1. The maximum Gasteiger partial charge on any atom is 0.252 e. The second kappa shape index (κ2) is 9.66. The summed E-state index contributed by atoms with van der Waals surface area (Å²) in [6.07, 6.45) is 0. The van der Waals surface area contributed by atoms with Crippen molar-refractivity contribution in [2.24, 2.45) is 0 Å². The molecular weight excluding hydrogens is 390 g/mol. The van der Waals surface area contributed by atoms with E-state index in [0.29, 0.717) is 11.3 Å². The molecule has 0 saturated heterocycles. The Hall–Kier alpha value is -2.44. The number of ether oxygens (including phenoxy) is 2. The van der Waals surface area contributed by atoms with Crippen molar-refractivity contribution in [1.82, 2.24) is 5.32 Å². The van der Waals surface area contributed by atoms with Crippen LogP contribution in [0, 0.1) is 0 Å². The fraction of sp³-hybridized carbons (Fsp3) is 0.227. The van der Waals surface area contributed by atoms with Crippen molar-refractivity contribution in [2.45, 2.75) is 23.6 Å². The van der Waals surface area contributed by atoms with Gasteiger partial charge in [0.15, 0.2) is 0 Å². The van der Waals surface area contributed by atoms with Crippen molar-refractivity contribution in [3.63, 3.8) is 0 Å². The summed E-state index contributed by atoms with van der Waals surface area (Å²) in [6.45, 7) is 1.94. The fourth-order valence-corrected chi connectivity index (χ4v) is 4.68. The second-order valence-electron chi connectivity index (χ2n) is 6.17. The third kappa shape index (κ3) is 4.88. The van der Waals surface area contributed by atoms with E-state index in [-0.39, 0.29) is 11.9 Å². The third-order valence-corrected chi connectivity index (χ3v) is 6.51. The quantitative estimate of drug-likeness (QED) is 0.492. The van der Waals surface area contributed by atoms with Gasteiger partial charge in [0, 0.05) is 21.1 Å². The van der Waals surface area contributed by atoms with Gasteiger partial charge in [0.1, 0.15) is 11.5 Å². The first kappa shape index (κ1) is 20.3. The molecule has 3 aromatic rings. The SMILES string of the molecule is COc1ccc(OC)c(C(C)NC(=O)c2ccccc2SCc2cccs2)c1. The van der Waals surface area contributed by atoms with Gasteiger partial charge in [0.25, 0.3) is 5.91 Å². The Morgan fingerprint density at radius 1 is 1.11 bits per heavy atom. The minimum Gasteiger partial charge on any atom is -0.497 e. The molecule has 1 atom stereocenters. The van der Waals surface area contributed by atoms with Crippen molar-refractivity contribution in [3.8, 4) is 11.5 Å². The molecule has 0 aliphatic rings. The lowest BCUT2D eigenvalue weighted by Gasteiger charge is -2.19. The minimum absolute atomic E-state index is 0.105. The van der Waals surface area contributed by atoms with Gasteiger partial charge in [-0.05, 0) is 48.7 Å². The molecule has 0 spiro atoms. The topological polar surface area (TPSA) is 47.6 Å². The van der Waals surface area contributed by atoms with Crippen LogP contribution in [0.1, 0.15) is 33.8 Å². The summed E-state index contributed by atoms with van der Waals surface area (Å²) in [5.74, 6) is 2.19. The molecule has 0 fully saturated rings. The van der Waals surface area contributed by atoms with Crippen molar-refractivity contribution in [1.29, 1.82) is 0 Å². The number of thioether (sulfide) groups is 1. The molecule has 1 amide bonds. The molecule has 1 aromatic heterocycles. The van der Waals surface area contributed by atoms with Crippen molar-refractivity contribution >= 4 is 29.0 Å². The van der Waals surface area contributed by atoms with Gasteiger partial charge in [-0.3, -0.25) is 4.79 Å². The zero-order chi connectivity index (χ0) is 19.9. The first-order valence-corrected chi connectivity index (χ1v) is 10.8. The Labute approximate surface area is 173 Å². The summed E-state index contributed by atoms with van der Waals surface area (Å²) in [5, 5.41) is 5.15. The highest BCUT2D eigenvalue weighted by atomic mass is 32.2. The van der Waals surface area contributed by atoms with Crippen LogP contribution in [-0.2, 0) is 5.75 Å². The monoisotopic (exact) mass is 413 g/mol. The standard InChI is InChI=1S/C22H23NO3S2/c1-15(19-13-16(25-2)10-11-20(19)26-3)23-22(24)18-8-4-5-9-21(18)28-14-17-7-6-12-27-17/h4-13,15H,14H2,1-3H3,(H,23,24). The smallest absolute Gasteiger partial charge is 0.252 e. The van der Waals surface area contributed by atoms with Gasteiger partial charge in [-0.25, -0.2) is 0 Å². The number of rotatable bonds is 8. The van der Waals surface area contributed by atoms with Crippen LogP contribution in [0.25, 0.3) is 0 Å². The lowest BCUT2D eigenvalue weighted by molar-refractivity contribution is 0.0936. The van der Waals surface area contributed by atoms with Crippen LogP contribution in [0.2, 0.25) is 0 Å². The fourth-order valence-electron chi connectivity index (χ4n) is 2.85. The molecule has 4 nitrogen and oxygen atoms in total. The third-order valence-electron chi connectivity index (χ3n) is 4.33. The minimum atomic E-state index is -0.229. The lowest BCUT2D eigenvalue weighted by atomic mass is 10.1. The van der Waals surface area contributed by atoms with Gasteiger partial charge in [0.05, 0.1) is 25.8 Å². The van der Waals surface area contributed by atoms with Gasteiger partial charge < -0.3 is 14.8 Å². The van der Waals surface area contributed by atoms with Crippen LogP contribution in [0.4, 0.5) is 0 Å². The second-order valence-corrected chi connectivity index (χ2v) is 8.22. The van der Waals surface area contributed by atoms with Crippen LogP contribution < -0.4 is 14.8 Å². The maximum atomic E-state index is 13.0. The number of carbonyl (C=O) groups excluding carboxylic acids is 1. The van der Waals surface area contributed by atoms with E-state index in [2.05, 4.69) is 16.8 Å². The molecule has 146 valence electrons. The Morgan fingerprint density at radius 2 is 1.93 bits per heavy atom. The van der Waals surface area contributed by atoms with E-state index >= 15 is 0 Å². The number of amides is 1. The van der Waals surface area contributed by atoms with Crippen LogP contribution in [0.3, 0.4) is 0 Å². The molecule has 28 heavy (non-hydrogen) atoms. The van der Waals surface area contributed by atoms with E-state index < -0.39 is 0 Å². The summed E-state index contributed by atoms with van der Waals surface area (Å²) in [4.78, 5) is 15.2. The Balaban J connectivity index is 1.76. The highest BCUT2D eigenvalue weighted by molar-refractivity contribution is 7.98. The van der Waals surface area contributed by atoms with Crippen LogP contribution in [0.15, 0.2) is 64.9 Å². The maximum absolute atomic E-state index is 13.0. The van der Waals surface area contributed by atoms with Crippen LogP contribution >= 0.6 is 23.1 Å². The molecule has 0 aliphatic heterocycles. The Bertz CT molecular complexity index is 925. The molecule has 0 saturated carbocycles. The predicted molar refractivity (Wildman–Crippen MR) is 116 cm³/mol. The zero-order valence-electron chi connectivity index (χ0n) is 16.1. The van der Waals surface area contributed by atoms with Crippen LogP contribution in [0.5, 0.6) is 11.5 Å². The van der Waals surface area contributed by atoms with Gasteiger partial charge in [-0.1, -0.05) is 18.2 Å². The molecular formula is C22H23NO3S2. The average Bonchev–Trinajstić information content (AvgIpc) is 3.25. The number of methoxy groups -OCH3 is 2. The van der Waals surface area contributed by atoms with E-state index in [1.807, 2.05) is 55.5 Å². The van der Waals surface area contributed by atoms with E-state index in [4.69, 9.17) is 9.47 Å². The number of carbonyl (C=O) groups is 1. The molecule has 6 heteroatoms. The van der Waals surface area contributed by atoms with Gasteiger partial charge in [-0.15, -0.1) is 23.1 Å². The summed E-state index contributed by atoms with van der Waals surface area (Å²) in [5.41, 5.74) is 1.55. The van der Waals surface area contributed by atoms with E-state index in [0.717, 1.165) is 22.0 Å². The summed E-state index contributed by atoms with van der Waals surface area (Å²) in [6, 6.07) is 17.2. The first-order chi connectivity index (χ1) is 13.6. The number of nitrogens with one attached hydrogen (secondary N) is 1. The molecule has 1 N–H and O–H groups in total. The number of thiophene rings is 1. The molecule has 2 aromatic carbocycles. The average molecular weight is 414 g/mol. The van der Waals surface area contributed by atoms with E-state index in [9.17, 15) is 4.79 Å². The predicted octanol–water partition coefficient (Wildman–Crippen LogP) is 5.55. The van der Waals surface area contributed by atoms with Gasteiger partial charge in [-0.2, -0.15) is 0 Å². The highest BCUT2D eigenvalue weighted by Gasteiger charge is 2.18. The molecule has 1 unspecified atom stereocenters. The van der Waals surface area contributed by atoms with Crippen molar-refractivity contribution in [2.75, 3.05) is 14.2 Å². The van der Waals surface area contributed by atoms with Gasteiger partial charge >= 0.3 is 0 Å². The normalized spacial score (nSPS) is 11.7. The highest BCUT2D eigenvalue weighted by Crippen LogP contribution is 2.31. The van der Waals surface area contributed by atoms with E-state index in [1.54, 1.807) is 37.3 Å². The molecule has 3 rings (SSSR count). The van der Waals surface area contributed by atoms with E-state index in [1.165, 1.54) is 4.88 Å². The number of hydrogen-bond acceptors (Lipinski definition) is 5. The molecule has 1 heterocycles. The Kier molecular flexibility index (Phi) is 7.01. The summed E-state index contributed by atoms with van der Waals surface area (Å²) in [7, 11) is 3.24. The summed E-state index contributed by atoms with van der Waals surface area (Å²) >= 11 is 3.40. The van der Waals surface area contributed by atoms with Crippen molar-refractivity contribution < 1.29 is 14.3 Å².